The Balaban J connectivity index is 1.17. The quantitative estimate of drug-likeness (QED) is 0.380. The van der Waals surface area contributed by atoms with Crippen LogP contribution in [0.15, 0.2) is 71.4 Å². The number of hydrogen-bond acceptors (Lipinski definition) is 4. The molecule has 1 aliphatic heterocycles. The van der Waals surface area contributed by atoms with Crippen LogP contribution in [0.4, 0.5) is 0 Å². The summed E-state index contributed by atoms with van der Waals surface area (Å²) in [4.78, 5) is 27.7. The van der Waals surface area contributed by atoms with E-state index in [1.54, 1.807) is 0 Å². The summed E-state index contributed by atoms with van der Waals surface area (Å²) in [6.45, 7) is 4.30. The average Bonchev–Trinajstić information content (AvgIpc) is 3.31. The fourth-order valence-electron chi connectivity index (χ4n) is 6.25. The topological polar surface area (TPSA) is 55.2 Å². The summed E-state index contributed by atoms with van der Waals surface area (Å²) in [6.07, 6.45) is 12.7. The van der Waals surface area contributed by atoms with Crippen molar-refractivity contribution in [2.75, 3.05) is 0 Å². The van der Waals surface area contributed by atoms with Gasteiger partial charge in [-0.2, -0.15) is 0 Å². The van der Waals surface area contributed by atoms with Crippen molar-refractivity contribution in [2.24, 2.45) is 16.8 Å². The van der Waals surface area contributed by atoms with Crippen molar-refractivity contribution in [3.05, 3.63) is 94.5 Å². The van der Waals surface area contributed by atoms with Gasteiger partial charge in [0.15, 0.2) is 11.6 Å². The largest absolute Gasteiger partial charge is 0.294 e. The predicted octanol–water partition coefficient (Wildman–Crippen LogP) is 6.86. The highest BCUT2D eigenvalue weighted by atomic mass is 16.1. The van der Waals surface area contributed by atoms with Crippen LogP contribution < -0.4 is 0 Å². The van der Waals surface area contributed by atoms with Crippen LogP contribution in [0.1, 0.15) is 73.7 Å². The number of carbonyl (C=O) groups is 1. The average molecular weight is 490 g/mol. The first-order valence-electron chi connectivity index (χ1n) is 13.8. The van der Waals surface area contributed by atoms with Crippen LogP contribution in [0.2, 0.25) is 0 Å². The number of carbonyl (C=O) groups excluding carboxylic acids is 1. The lowest BCUT2D eigenvalue weighted by atomic mass is 9.80. The van der Waals surface area contributed by atoms with Crippen LogP contribution in [0.3, 0.4) is 0 Å². The molecule has 3 aromatic rings. The number of aromatic nitrogens is 2. The Morgan fingerprint density at radius 1 is 0.946 bits per heavy atom. The highest BCUT2D eigenvalue weighted by molar-refractivity contribution is 6.23. The van der Waals surface area contributed by atoms with Gasteiger partial charge in [0.2, 0.25) is 0 Å². The maximum absolute atomic E-state index is 13.3. The molecule has 2 aliphatic carbocycles. The van der Waals surface area contributed by atoms with Gasteiger partial charge in [-0.25, -0.2) is 9.97 Å². The first kappa shape index (κ1) is 24.0. The van der Waals surface area contributed by atoms with Crippen LogP contribution in [0.5, 0.6) is 0 Å². The molecule has 0 amide bonds. The van der Waals surface area contributed by atoms with Crippen LogP contribution in [-0.2, 0) is 30.5 Å². The number of aryl methyl sites for hydroxylation is 2. The lowest BCUT2D eigenvalue weighted by Gasteiger charge is -2.26. The van der Waals surface area contributed by atoms with Crippen LogP contribution >= 0.6 is 0 Å². The summed E-state index contributed by atoms with van der Waals surface area (Å²) in [5.41, 5.74) is 8.65. The van der Waals surface area contributed by atoms with E-state index in [-0.39, 0.29) is 11.8 Å². The first-order chi connectivity index (χ1) is 18.0. The van der Waals surface area contributed by atoms with Crippen molar-refractivity contribution in [2.45, 2.75) is 71.3 Å². The molecule has 0 saturated heterocycles. The highest BCUT2D eigenvalue weighted by Crippen LogP contribution is 2.34. The third-order valence-corrected chi connectivity index (χ3v) is 8.45. The zero-order valence-corrected chi connectivity index (χ0v) is 21.9. The number of aliphatic imine (C=N–C) groups is 1. The molecular weight excluding hydrogens is 454 g/mol. The zero-order valence-electron chi connectivity index (χ0n) is 21.9. The molecule has 37 heavy (non-hydrogen) atoms. The summed E-state index contributed by atoms with van der Waals surface area (Å²) < 4.78 is 0. The van der Waals surface area contributed by atoms with Gasteiger partial charge in [-0.3, -0.25) is 9.79 Å². The number of hydrogen-bond donors (Lipinski definition) is 0. The maximum Gasteiger partial charge on any atom is 0.168 e. The maximum atomic E-state index is 13.3. The van der Waals surface area contributed by atoms with E-state index in [4.69, 9.17) is 9.98 Å². The number of allylic oxidation sites excluding steroid dienone is 1. The molecule has 1 aromatic heterocycles. The molecule has 4 nitrogen and oxygen atoms in total. The zero-order chi connectivity index (χ0) is 25.4. The van der Waals surface area contributed by atoms with Crippen molar-refractivity contribution in [3.63, 3.8) is 0 Å². The molecule has 1 saturated carbocycles. The smallest absolute Gasteiger partial charge is 0.168 e. The Morgan fingerprint density at radius 3 is 2.59 bits per heavy atom. The summed E-state index contributed by atoms with van der Waals surface area (Å²) in [7, 11) is 0. The molecule has 2 aromatic carbocycles. The molecule has 4 heteroatoms. The van der Waals surface area contributed by atoms with Gasteiger partial charge in [-0.05, 0) is 79.2 Å². The van der Waals surface area contributed by atoms with Gasteiger partial charge in [-0.1, -0.05) is 68.3 Å². The fourth-order valence-corrected chi connectivity index (χ4v) is 6.25. The number of fused-ring (bicyclic) bond motifs is 3. The molecule has 6 rings (SSSR count). The van der Waals surface area contributed by atoms with E-state index < -0.39 is 0 Å². The molecule has 3 aliphatic rings. The van der Waals surface area contributed by atoms with Crippen molar-refractivity contribution in [1.82, 2.24) is 9.97 Å². The molecule has 1 atom stereocenters. The van der Waals surface area contributed by atoms with Crippen molar-refractivity contribution in [3.8, 4) is 11.3 Å². The lowest BCUT2D eigenvalue weighted by molar-refractivity contribution is -0.114. The third-order valence-electron chi connectivity index (χ3n) is 8.45. The monoisotopic (exact) mass is 489 g/mol. The first-order valence-corrected chi connectivity index (χ1v) is 13.8. The van der Waals surface area contributed by atoms with Gasteiger partial charge in [0, 0.05) is 29.5 Å². The second kappa shape index (κ2) is 10.2. The third kappa shape index (κ3) is 5.07. The van der Waals surface area contributed by atoms with E-state index in [0.717, 1.165) is 48.1 Å². The normalized spacial score (nSPS) is 22.6. The molecule has 1 unspecified atom stereocenters. The van der Waals surface area contributed by atoms with E-state index in [1.165, 1.54) is 47.9 Å². The van der Waals surface area contributed by atoms with E-state index >= 15 is 0 Å². The number of ketones is 1. The van der Waals surface area contributed by atoms with Gasteiger partial charge in [0.1, 0.15) is 6.04 Å². The summed E-state index contributed by atoms with van der Waals surface area (Å²) >= 11 is 0. The van der Waals surface area contributed by atoms with Gasteiger partial charge < -0.3 is 0 Å². The van der Waals surface area contributed by atoms with Gasteiger partial charge in [-0.15, -0.1) is 0 Å². The SMILES string of the molecule is CC1=NC(c2ncc3c(n2)-c2ccccc2CC3)C=C1C(=O)Cc1cccc(CC2CCC(C)CC2)c1. The van der Waals surface area contributed by atoms with Crippen molar-refractivity contribution < 1.29 is 4.79 Å². The summed E-state index contributed by atoms with van der Waals surface area (Å²) in [5, 5.41) is 0. The fraction of sp³-hybridized carbons (Fsp3) is 0.394. The van der Waals surface area contributed by atoms with E-state index in [1.807, 2.05) is 19.2 Å². The molecule has 1 fully saturated rings. The van der Waals surface area contributed by atoms with E-state index in [0.29, 0.717) is 17.8 Å². The summed E-state index contributed by atoms with van der Waals surface area (Å²) in [6, 6.07) is 16.8. The van der Waals surface area contributed by atoms with Gasteiger partial charge in [0.25, 0.3) is 0 Å². The standard InChI is InChI=1S/C33H35N3O/c1-21-10-12-23(13-11-21)16-24-6-5-7-25(17-24)18-31(37)29-19-30(35-22(29)2)33-34-20-27-15-14-26-8-3-4-9-28(26)32(27)36-33/h3-9,17,19-21,23,30H,10-16,18H2,1-2H3. The number of benzene rings is 2. The van der Waals surface area contributed by atoms with Crippen LogP contribution in [-0.4, -0.2) is 21.5 Å². The Labute approximate surface area is 220 Å². The minimum absolute atomic E-state index is 0.121. The molecule has 0 radical (unpaired) electrons. The van der Waals surface area contributed by atoms with Gasteiger partial charge >= 0.3 is 0 Å². The van der Waals surface area contributed by atoms with Crippen LogP contribution in [0.25, 0.3) is 11.3 Å². The predicted molar refractivity (Wildman–Crippen MR) is 149 cm³/mol. The molecule has 0 N–H and O–H groups in total. The molecular formula is C33H35N3O. The van der Waals surface area contributed by atoms with Crippen molar-refractivity contribution >= 4 is 11.5 Å². The number of rotatable bonds is 6. The van der Waals surface area contributed by atoms with E-state index in [9.17, 15) is 4.79 Å². The molecule has 188 valence electrons. The second-order valence-electron chi connectivity index (χ2n) is 11.2. The number of Topliss-reactive ketones (excluding diaryl/α,β-unsaturated/α-hetero) is 1. The molecule has 0 bridgehead atoms. The Bertz CT molecular complexity index is 1390. The second-order valence-corrected chi connectivity index (χ2v) is 11.2. The van der Waals surface area contributed by atoms with Gasteiger partial charge in [0.05, 0.1) is 5.69 Å². The Morgan fingerprint density at radius 2 is 1.73 bits per heavy atom. The van der Waals surface area contributed by atoms with E-state index in [2.05, 4.69) is 60.4 Å². The Kier molecular flexibility index (Phi) is 6.58. The minimum atomic E-state index is -0.307. The number of nitrogens with zero attached hydrogens (tertiary/aromatic N) is 3. The molecule has 0 spiro atoms. The summed E-state index contributed by atoms with van der Waals surface area (Å²) in [5.74, 6) is 2.44. The minimum Gasteiger partial charge on any atom is -0.294 e. The highest BCUT2D eigenvalue weighted by Gasteiger charge is 2.27. The van der Waals surface area contributed by atoms with Crippen LogP contribution in [0, 0.1) is 11.8 Å². The van der Waals surface area contributed by atoms with Crippen molar-refractivity contribution in [1.29, 1.82) is 0 Å². The molecule has 2 heterocycles. The lowest BCUT2D eigenvalue weighted by Crippen LogP contribution is -2.15. The Hall–Kier alpha value is -3.40.